The van der Waals surface area contributed by atoms with Gasteiger partial charge in [0.2, 0.25) is 5.91 Å². The second-order valence-electron chi connectivity index (χ2n) is 6.63. The first kappa shape index (κ1) is 18.9. The Morgan fingerprint density at radius 3 is 2.55 bits per heavy atom. The molecule has 0 spiro atoms. The number of aromatic nitrogens is 3. The van der Waals surface area contributed by atoms with Gasteiger partial charge in [-0.1, -0.05) is 18.7 Å². The monoisotopic (exact) mass is 399 g/mol. The summed E-state index contributed by atoms with van der Waals surface area (Å²) in [5, 5.41) is 2.81. The number of nitrogens with zero attached hydrogens (tertiary/aromatic N) is 4. The van der Waals surface area contributed by atoms with Crippen LogP contribution in [0.1, 0.15) is 5.56 Å². The molecule has 1 aromatic carbocycles. The Hall–Kier alpha value is -3.49. The van der Waals surface area contributed by atoms with Gasteiger partial charge >= 0.3 is 6.18 Å². The molecule has 1 aliphatic rings. The van der Waals surface area contributed by atoms with E-state index in [-0.39, 0.29) is 11.9 Å². The van der Waals surface area contributed by atoms with E-state index in [9.17, 15) is 18.0 Å². The van der Waals surface area contributed by atoms with Gasteiger partial charge in [-0.3, -0.25) is 9.78 Å². The van der Waals surface area contributed by atoms with Crippen LogP contribution in [0, 0.1) is 0 Å². The van der Waals surface area contributed by atoms with Gasteiger partial charge in [-0.25, -0.2) is 9.97 Å². The zero-order valence-corrected chi connectivity index (χ0v) is 15.1. The largest absolute Gasteiger partial charge is 0.416 e. The molecule has 1 saturated heterocycles. The van der Waals surface area contributed by atoms with E-state index in [2.05, 4.69) is 26.8 Å². The number of carbonyl (C=O) groups excluding carboxylic acids is 1. The topological polar surface area (TPSA) is 71.0 Å². The van der Waals surface area contributed by atoms with Crippen molar-refractivity contribution >= 4 is 22.8 Å². The molecule has 1 fully saturated rings. The molecule has 1 N–H and O–H groups in total. The van der Waals surface area contributed by atoms with Crippen molar-refractivity contribution in [3.05, 3.63) is 60.8 Å². The molecule has 0 atom stereocenters. The van der Waals surface area contributed by atoms with E-state index in [0.717, 1.165) is 12.1 Å². The number of alkyl halides is 3. The number of amides is 1. The molecule has 1 aliphatic heterocycles. The maximum absolute atomic E-state index is 12.8. The van der Waals surface area contributed by atoms with Crippen molar-refractivity contribution < 1.29 is 18.0 Å². The van der Waals surface area contributed by atoms with Crippen LogP contribution in [0.5, 0.6) is 0 Å². The van der Waals surface area contributed by atoms with Gasteiger partial charge in [-0.2, -0.15) is 13.2 Å². The SMILES string of the molecule is C=CC(=O)NC1CN(c2nc(-c3ccc(C(F)(F)F)cc3)nc3cccnc23)C1. The van der Waals surface area contributed by atoms with Gasteiger partial charge in [0.15, 0.2) is 11.6 Å². The van der Waals surface area contributed by atoms with Crippen LogP contribution in [-0.2, 0) is 11.0 Å². The number of hydrogen-bond donors (Lipinski definition) is 1. The molecule has 6 nitrogen and oxygen atoms in total. The summed E-state index contributed by atoms with van der Waals surface area (Å²) in [5.74, 6) is 0.646. The number of nitrogens with one attached hydrogen (secondary N) is 1. The highest BCUT2D eigenvalue weighted by atomic mass is 19.4. The van der Waals surface area contributed by atoms with Crippen molar-refractivity contribution in [2.45, 2.75) is 12.2 Å². The second-order valence-corrected chi connectivity index (χ2v) is 6.63. The molecule has 1 amide bonds. The Bertz CT molecular complexity index is 1080. The number of rotatable bonds is 4. The molecule has 0 saturated carbocycles. The molecule has 4 rings (SSSR count). The summed E-state index contributed by atoms with van der Waals surface area (Å²) < 4.78 is 38.5. The lowest BCUT2D eigenvalue weighted by molar-refractivity contribution is -0.137. The zero-order valence-electron chi connectivity index (χ0n) is 15.1. The average Bonchev–Trinajstić information content (AvgIpc) is 2.69. The van der Waals surface area contributed by atoms with Crippen LogP contribution < -0.4 is 10.2 Å². The van der Waals surface area contributed by atoms with Gasteiger partial charge in [0.1, 0.15) is 5.52 Å². The molecule has 0 unspecified atom stereocenters. The smallest absolute Gasteiger partial charge is 0.350 e. The van der Waals surface area contributed by atoms with E-state index in [1.54, 1.807) is 18.3 Å². The van der Waals surface area contributed by atoms with Crippen molar-refractivity contribution in [2.24, 2.45) is 0 Å². The maximum Gasteiger partial charge on any atom is 0.416 e. The Labute approximate surface area is 164 Å². The lowest BCUT2D eigenvalue weighted by atomic mass is 10.1. The van der Waals surface area contributed by atoms with Crippen molar-refractivity contribution in [2.75, 3.05) is 18.0 Å². The van der Waals surface area contributed by atoms with Gasteiger partial charge in [0.25, 0.3) is 0 Å². The number of halogens is 3. The number of benzene rings is 1. The average molecular weight is 399 g/mol. The van der Waals surface area contributed by atoms with E-state index >= 15 is 0 Å². The van der Waals surface area contributed by atoms with Crippen LogP contribution >= 0.6 is 0 Å². The van der Waals surface area contributed by atoms with Gasteiger partial charge in [-0.15, -0.1) is 0 Å². The molecule has 29 heavy (non-hydrogen) atoms. The number of anilines is 1. The normalized spacial score (nSPS) is 14.5. The van der Waals surface area contributed by atoms with Crippen LogP contribution in [0.4, 0.5) is 19.0 Å². The third kappa shape index (κ3) is 3.75. The molecule has 9 heteroatoms. The zero-order chi connectivity index (χ0) is 20.6. The fourth-order valence-corrected chi connectivity index (χ4v) is 3.11. The van der Waals surface area contributed by atoms with Gasteiger partial charge in [0.05, 0.1) is 17.1 Å². The van der Waals surface area contributed by atoms with Gasteiger partial charge < -0.3 is 10.2 Å². The summed E-state index contributed by atoms with van der Waals surface area (Å²) in [7, 11) is 0. The Balaban J connectivity index is 1.67. The van der Waals surface area contributed by atoms with Crippen molar-refractivity contribution in [3.8, 4) is 11.4 Å². The summed E-state index contributed by atoms with van der Waals surface area (Å²) in [6.07, 6.45) is -1.56. The summed E-state index contributed by atoms with van der Waals surface area (Å²) in [4.78, 5) is 26.7. The Kier molecular flexibility index (Phi) is 4.65. The molecule has 148 valence electrons. The van der Waals surface area contributed by atoms with E-state index in [0.29, 0.717) is 41.3 Å². The summed E-state index contributed by atoms with van der Waals surface area (Å²) >= 11 is 0. The molecule has 3 heterocycles. The fraction of sp³-hybridized carbons (Fsp3) is 0.200. The number of fused-ring (bicyclic) bond motifs is 1. The Morgan fingerprint density at radius 2 is 1.90 bits per heavy atom. The van der Waals surface area contributed by atoms with Crippen molar-refractivity contribution in [3.63, 3.8) is 0 Å². The minimum Gasteiger partial charge on any atom is -0.350 e. The third-order valence-corrected chi connectivity index (χ3v) is 4.62. The van der Waals surface area contributed by atoms with Crippen LogP contribution in [-0.4, -0.2) is 40.0 Å². The molecular formula is C20H16F3N5O. The minimum absolute atomic E-state index is 0.0382. The highest BCUT2D eigenvalue weighted by Crippen LogP contribution is 2.32. The second kappa shape index (κ2) is 7.16. The van der Waals surface area contributed by atoms with E-state index < -0.39 is 11.7 Å². The minimum atomic E-state index is -4.40. The molecule has 0 radical (unpaired) electrons. The highest BCUT2D eigenvalue weighted by molar-refractivity contribution is 5.89. The lowest BCUT2D eigenvalue weighted by Crippen LogP contribution is -2.59. The first-order valence-electron chi connectivity index (χ1n) is 8.83. The van der Waals surface area contributed by atoms with Crippen molar-refractivity contribution in [1.82, 2.24) is 20.3 Å². The molecule has 3 aromatic rings. The van der Waals surface area contributed by atoms with Crippen LogP contribution in [0.15, 0.2) is 55.3 Å². The molecule has 2 aromatic heterocycles. The number of hydrogen-bond acceptors (Lipinski definition) is 5. The molecular weight excluding hydrogens is 383 g/mol. The van der Waals surface area contributed by atoms with E-state index in [4.69, 9.17) is 0 Å². The summed E-state index contributed by atoms with van der Waals surface area (Å²) in [6.45, 7) is 4.50. The number of pyridine rings is 1. The first-order valence-corrected chi connectivity index (χ1v) is 8.83. The molecule has 0 bridgehead atoms. The van der Waals surface area contributed by atoms with E-state index in [1.807, 2.05) is 4.90 Å². The van der Waals surface area contributed by atoms with E-state index in [1.165, 1.54) is 18.2 Å². The molecule has 0 aliphatic carbocycles. The van der Waals surface area contributed by atoms with Crippen LogP contribution in [0.25, 0.3) is 22.4 Å². The van der Waals surface area contributed by atoms with Crippen molar-refractivity contribution in [1.29, 1.82) is 0 Å². The predicted molar refractivity (Wildman–Crippen MR) is 102 cm³/mol. The third-order valence-electron chi connectivity index (χ3n) is 4.62. The predicted octanol–water partition coefficient (Wildman–Crippen LogP) is 3.20. The summed E-state index contributed by atoms with van der Waals surface area (Å²) in [6, 6.07) is 8.20. The lowest BCUT2D eigenvalue weighted by Gasteiger charge is -2.40. The van der Waals surface area contributed by atoms with Gasteiger partial charge in [0, 0.05) is 24.8 Å². The quantitative estimate of drug-likeness (QED) is 0.683. The summed E-state index contributed by atoms with van der Waals surface area (Å²) in [5.41, 5.74) is 0.928. The maximum atomic E-state index is 12.8. The Morgan fingerprint density at radius 1 is 1.17 bits per heavy atom. The standard InChI is InChI=1S/C20H16F3N5O/c1-2-16(29)25-14-10-28(11-14)19-17-15(4-3-9-24-17)26-18(27-19)12-5-7-13(8-6-12)20(21,22)23/h2-9,14H,1,10-11H2,(H,25,29). The number of carbonyl (C=O) groups is 1. The van der Waals surface area contributed by atoms with Gasteiger partial charge in [-0.05, 0) is 30.3 Å². The van der Waals surface area contributed by atoms with Crippen LogP contribution in [0.2, 0.25) is 0 Å². The van der Waals surface area contributed by atoms with Crippen LogP contribution in [0.3, 0.4) is 0 Å². The first-order chi connectivity index (χ1) is 13.8. The fourth-order valence-electron chi connectivity index (χ4n) is 3.11. The highest BCUT2D eigenvalue weighted by Gasteiger charge is 2.32.